The van der Waals surface area contributed by atoms with Crippen molar-refractivity contribution in [3.63, 3.8) is 0 Å². The molecule has 1 amide bonds. The zero-order valence-electron chi connectivity index (χ0n) is 19.1. The van der Waals surface area contributed by atoms with Gasteiger partial charge in [0.1, 0.15) is 17.6 Å². The van der Waals surface area contributed by atoms with Crippen LogP contribution < -0.4 is 20.1 Å². The van der Waals surface area contributed by atoms with Gasteiger partial charge in [-0.1, -0.05) is 18.6 Å². The van der Waals surface area contributed by atoms with E-state index >= 15 is 0 Å². The van der Waals surface area contributed by atoms with Gasteiger partial charge in [0.05, 0.1) is 24.8 Å². The lowest BCUT2D eigenvalue weighted by atomic mass is 9.65. The van der Waals surface area contributed by atoms with Gasteiger partial charge < -0.3 is 25.0 Å². The van der Waals surface area contributed by atoms with Gasteiger partial charge in [0, 0.05) is 18.3 Å². The second kappa shape index (κ2) is 8.32. The molecule has 2 aromatic carbocycles. The summed E-state index contributed by atoms with van der Waals surface area (Å²) < 4.78 is 11.9. The number of nitrogen functional groups attached to an aromatic ring is 1. The average molecular weight is 436 g/mol. The summed E-state index contributed by atoms with van der Waals surface area (Å²) >= 11 is 0. The van der Waals surface area contributed by atoms with Crippen molar-refractivity contribution in [2.24, 2.45) is 0 Å². The fraction of sp³-hybridized carbons (Fsp3) is 0.500. The normalized spacial score (nSPS) is 22.4. The minimum Gasteiger partial charge on any atom is -0.497 e. The maximum absolute atomic E-state index is 13.7. The second-order valence-corrected chi connectivity index (χ2v) is 9.56. The molecule has 32 heavy (non-hydrogen) atoms. The van der Waals surface area contributed by atoms with E-state index in [0.717, 1.165) is 79.9 Å². The number of rotatable bonds is 5. The Hall–Kier alpha value is -2.73. The molecule has 0 radical (unpaired) electrons. The van der Waals surface area contributed by atoms with Crippen LogP contribution in [0, 0.1) is 0 Å². The molecule has 1 unspecified atom stereocenters. The maximum atomic E-state index is 13.7. The van der Waals surface area contributed by atoms with Crippen LogP contribution in [0.4, 0.5) is 11.4 Å². The third-order valence-corrected chi connectivity index (χ3v) is 7.44. The van der Waals surface area contributed by atoms with E-state index in [1.54, 1.807) is 7.11 Å². The number of nitrogens with zero attached hydrogens (tertiary/aromatic N) is 2. The molecule has 1 aliphatic carbocycles. The van der Waals surface area contributed by atoms with Crippen LogP contribution in [0.25, 0.3) is 0 Å². The van der Waals surface area contributed by atoms with Gasteiger partial charge in [0.25, 0.3) is 0 Å². The predicted molar refractivity (Wildman–Crippen MR) is 126 cm³/mol. The molecule has 2 heterocycles. The molecule has 6 heteroatoms. The molecular formula is C26H33N3O3. The number of amides is 1. The van der Waals surface area contributed by atoms with Crippen molar-refractivity contribution in [3.05, 3.63) is 47.5 Å². The molecule has 2 N–H and O–H groups in total. The van der Waals surface area contributed by atoms with Crippen LogP contribution in [0.2, 0.25) is 0 Å². The van der Waals surface area contributed by atoms with E-state index in [-0.39, 0.29) is 12.0 Å². The molecule has 2 fully saturated rings. The summed E-state index contributed by atoms with van der Waals surface area (Å²) in [5.74, 6) is 1.76. The van der Waals surface area contributed by atoms with Crippen LogP contribution in [0.5, 0.6) is 11.5 Å². The summed E-state index contributed by atoms with van der Waals surface area (Å²) in [6.45, 7) is 2.64. The molecule has 1 spiro atoms. The van der Waals surface area contributed by atoms with Crippen molar-refractivity contribution in [1.82, 2.24) is 4.90 Å². The van der Waals surface area contributed by atoms with E-state index in [9.17, 15) is 4.79 Å². The first-order valence-electron chi connectivity index (χ1n) is 11.7. The van der Waals surface area contributed by atoms with Gasteiger partial charge in [-0.05, 0) is 75.0 Å². The van der Waals surface area contributed by atoms with Gasteiger partial charge in [0.2, 0.25) is 5.91 Å². The lowest BCUT2D eigenvalue weighted by Crippen LogP contribution is -2.44. The first kappa shape index (κ1) is 21.1. The van der Waals surface area contributed by atoms with Crippen LogP contribution >= 0.6 is 0 Å². The van der Waals surface area contributed by atoms with Crippen LogP contribution in [-0.2, 0) is 16.8 Å². The Morgan fingerprint density at radius 1 is 1.09 bits per heavy atom. The molecule has 2 aromatic rings. The Morgan fingerprint density at radius 2 is 1.88 bits per heavy atom. The maximum Gasteiger partial charge on any atom is 0.238 e. The molecule has 3 aliphatic rings. The number of benzene rings is 2. The van der Waals surface area contributed by atoms with Gasteiger partial charge >= 0.3 is 0 Å². The number of methoxy groups -OCH3 is 1. The van der Waals surface area contributed by atoms with E-state index in [0.29, 0.717) is 12.2 Å². The summed E-state index contributed by atoms with van der Waals surface area (Å²) in [5, 5.41) is 0. The third kappa shape index (κ3) is 3.60. The van der Waals surface area contributed by atoms with Crippen LogP contribution in [-0.4, -0.2) is 44.2 Å². The van der Waals surface area contributed by atoms with Crippen molar-refractivity contribution in [3.8, 4) is 11.5 Å². The van der Waals surface area contributed by atoms with Gasteiger partial charge in [-0.2, -0.15) is 0 Å². The standard InChI is InChI=1S/C26H33N3O3/c1-28-13-3-5-21(10-14-28)32-23-16-19(27)15-22-24(23)29(25(30)26(22)11-4-12-26)17-18-6-8-20(31-2)9-7-18/h6-9,15-16,21H,3-5,10-14,17,27H2,1-2H3. The number of likely N-dealkylation sites (tertiary alicyclic amines) is 1. The molecule has 5 rings (SSSR count). The monoisotopic (exact) mass is 435 g/mol. The molecule has 1 saturated carbocycles. The van der Waals surface area contributed by atoms with Gasteiger partial charge in [0.15, 0.2) is 0 Å². The van der Waals surface area contributed by atoms with Gasteiger partial charge in [-0.15, -0.1) is 0 Å². The van der Waals surface area contributed by atoms with Crippen LogP contribution in [0.15, 0.2) is 36.4 Å². The van der Waals surface area contributed by atoms with E-state index < -0.39 is 5.41 Å². The molecule has 2 aliphatic heterocycles. The molecule has 6 nitrogen and oxygen atoms in total. The van der Waals surface area contributed by atoms with E-state index in [4.69, 9.17) is 15.2 Å². The fourth-order valence-electron chi connectivity index (χ4n) is 5.42. The predicted octanol–water partition coefficient (Wildman–Crippen LogP) is 4.11. The third-order valence-electron chi connectivity index (χ3n) is 7.44. The van der Waals surface area contributed by atoms with Crippen molar-refractivity contribution in [2.45, 2.75) is 56.6 Å². The Morgan fingerprint density at radius 3 is 2.56 bits per heavy atom. The van der Waals surface area contributed by atoms with E-state index in [2.05, 4.69) is 11.9 Å². The summed E-state index contributed by atoms with van der Waals surface area (Å²) in [7, 11) is 3.82. The number of anilines is 2. The highest BCUT2D eigenvalue weighted by atomic mass is 16.5. The Labute approximate surface area is 190 Å². The lowest BCUT2D eigenvalue weighted by Gasteiger charge is -2.37. The quantitative estimate of drug-likeness (QED) is 0.716. The number of nitrogens with two attached hydrogens (primary N) is 1. The van der Waals surface area contributed by atoms with Crippen molar-refractivity contribution >= 4 is 17.3 Å². The van der Waals surface area contributed by atoms with E-state index in [1.807, 2.05) is 41.3 Å². The van der Waals surface area contributed by atoms with Crippen molar-refractivity contribution in [1.29, 1.82) is 0 Å². The van der Waals surface area contributed by atoms with Crippen molar-refractivity contribution < 1.29 is 14.3 Å². The molecule has 1 saturated heterocycles. The molecule has 1 atom stereocenters. The number of hydrogen-bond acceptors (Lipinski definition) is 5. The van der Waals surface area contributed by atoms with Gasteiger partial charge in [-0.3, -0.25) is 4.79 Å². The molecule has 0 bridgehead atoms. The lowest BCUT2D eigenvalue weighted by molar-refractivity contribution is -0.126. The zero-order valence-corrected chi connectivity index (χ0v) is 19.1. The average Bonchev–Trinajstić information content (AvgIpc) is 2.85. The minimum absolute atomic E-state index is 0.140. The minimum atomic E-state index is -0.432. The molecular weight excluding hydrogens is 402 g/mol. The number of fused-ring (bicyclic) bond motifs is 2. The highest BCUT2D eigenvalue weighted by molar-refractivity contribution is 6.10. The van der Waals surface area contributed by atoms with Crippen LogP contribution in [0.3, 0.4) is 0 Å². The fourth-order valence-corrected chi connectivity index (χ4v) is 5.42. The largest absolute Gasteiger partial charge is 0.497 e. The SMILES string of the molecule is COc1ccc(CN2C(=O)C3(CCC3)c3cc(N)cc(OC4CCCN(C)CC4)c32)cc1. The Bertz CT molecular complexity index is 1000. The van der Waals surface area contributed by atoms with Crippen LogP contribution in [0.1, 0.15) is 49.7 Å². The summed E-state index contributed by atoms with van der Waals surface area (Å²) in [6, 6.07) is 11.9. The zero-order chi connectivity index (χ0) is 22.3. The Kier molecular flexibility index (Phi) is 5.49. The smallest absolute Gasteiger partial charge is 0.238 e. The number of carbonyl (C=O) groups is 1. The topological polar surface area (TPSA) is 68.0 Å². The van der Waals surface area contributed by atoms with E-state index in [1.165, 1.54) is 0 Å². The number of carbonyl (C=O) groups excluding carboxylic acids is 1. The number of hydrogen-bond donors (Lipinski definition) is 1. The van der Waals surface area contributed by atoms with Crippen molar-refractivity contribution in [2.75, 3.05) is 37.9 Å². The molecule has 0 aromatic heterocycles. The second-order valence-electron chi connectivity index (χ2n) is 9.56. The van der Waals surface area contributed by atoms with Gasteiger partial charge in [-0.25, -0.2) is 0 Å². The summed E-state index contributed by atoms with van der Waals surface area (Å²) in [5.41, 5.74) is 9.63. The summed E-state index contributed by atoms with van der Waals surface area (Å²) in [4.78, 5) is 18.0. The highest BCUT2D eigenvalue weighted by Gasteiger charge is 2.55. The molecule has 170 valence electrons. The first-order valence-corrected chi connectivity index (χ1v) is 11.7. The highest BCUT2D eigenvalue weighted by Crippen LogP contribution is 2.57. The number of ether oxygens (including phenoxy) is 2. The Balaban J connectivity index is 1.51. The first-order chi connectivity index (χ1) is 15.5. The summed E-state index contributed by atoms with van der Waals surface area (Å²) in [6.07, 6.45) is 6.10.